The third-order valence-electron chi connectivity index (χ3n) is 5.42. The number of halogens is 1. The summed E-state index contributed by atoms with van der Waals surface area (Å²) in [5.74, 6) is 0.771. The first-order valence-electron chi connectivity index (χ1n) is 10.0. The lowest BCUT2D eigenvalue weighted by Crippen LogP contribution is -2.25. The fraction of sp³-hybridized carbons (Fsp3) is 0.500. The number of hydrogen-bond donors (Lipinski definition) is 3. The predicted molar refractivity (Wildman–Crippen MR) is 107 cm³/mol. The number of nitrogens with one attached hydrogen (secondary N) is 3. The Hall–Kier alpha value is -2.65. The smallest absolute Gasteiger partial charge is 0.229 e. The number of hydrogen-bond acceptors (Lipinski definition) is 7. The van der Waals surface area contributed by atoms with E-state index < -0.39 is 5.82 Å². The molecule has 0 saturated carbocycles. The molecule has 0 radical (unpaired) electrons. The summed E-state index contributed by atoms with van der Waals surface area (Å²) in [6.45, 7) is 3.82. The zero-order chi connectivity index (χ0) is 20.1. The number of carbonyl (C=O) groups excluding carboxylic acids is 1. The van der Waals surface area contributed by atoms with Crippen molar-refractivity contribution in [2.45, 2.75) is 19.3 Å². The van der Waals surface area contributed by atoms with E-state index in [0.717, 1.165) is 51.8 Å². The van der Waals surface area contributed by atoms with Crippen LogP contribution >= 0.6 is 0 Å². The third-order valence-corrected chi connectivity index (χ3v) is 5.42. The maximum absolute atomic E-state index is 14.4. The first-order valence-corrected chi connectivity index (χ1v) is 10.0. The zero-order valence-corrected chi connectivity index (χ0v) is 16.2. The first kappa shape index (κ1) is 19.7. The molecule has 1 atom stereocenters. The Morgan fingerprint density at radius 2 is 2.07 bits per heavy atom. The van der Waals surface area contributed by atoms with Crippen molar-refractivity contribution >= 4 is 17.5 Å². The van der Waals surface area contributed by atoms with E-state index in [4.69, 9.17) is 4.74 Å². The summed E-state index contributed by atoms with van der Waals surface area (Å²) in [5, 5.41) is 17.3. The van der Waals surface area contributed by atoms with Crippen molar-refractivity contribution in [3.63, 3.8) is 0 Å². The predicted octanol–water partition coefficient (Wildman–Crippen LogP) is 2.06. The van der Waals surface area contributed by atoms with Crippen LogP contribution in [0.25, 0.3) is 11.1 Å². The lowest BCUT2D eigenvalue weighted by atomic mass is 10.0. The fourth-order valence-electron chi connectivity index (χ4n) is 3.63. The molecule has 29 heavy (non-hydrogen) atoms. The summed E-state index contributed by atoms with van der Waals surface area (Å²) in [5.41, 5.74) is 0.899. The van der Waals surface area contributed by atoms with Crippen LogP contribution in [0.5, 0.6) is 0 Å². The third kappa shape index (κ3) is 5.04. The topological polar surface area (TPSA) is 101 Å². The molecule has 0 spiro atoms. The van der Waals surface area contributed by atoms with Crippen molar-refractivity contribution in [1.29, 1.82) is 0 Å². The summed E-state index contributed by atoms with van der Waals surface area (Å²) in [7, 11) is 0. The van der Waals surface area contributed by atoms with Gasteiger partial charge in [-0.15, -0.1) is 5.10 Å². The molecule has 154 valence electrons. The van der Waals surface area contributed by atoms with Gasteiger partial charge in [-0.25, -0.2) is 9.37 Å². The van der Waals surface area contributed by atoms with Crippen molar-refractivity contribution in [3.8, 4) is 11.1 Å². The molecule has 4 rings (SSSR count). The van der Waals surface area contributed by atoms with Crippen LogP contribution < -0.4 is 16.0 Å². The normalized spacial score (nSPS) is 19.8. The van der Waals surface area contributed by atoms with E-state index in [9.17, 15) is 9.18 Å². The number of ether oxygens (including phenoxy) is 1. The second kappa shape index (κ2) is 9.23. The number of pyridine rings is 1. The Balaban J connectivity index is 1.46. The van der Waals surface area contributed by atoms with Gasteiger partial charge < -0.3 is 20.7 Å². The minimum Gasteiger partial charge on any atom is -0.381 e. The van der Waals surface area contributed by atoms with E-state index in [1.165, 1.54) is 12.3 Å². The number of anilines is 2. The van der Waals surface area contributed by atoms with Crippen LogP contribution in [0.3, 0.4) is 0 Å². The molecule has 2 fully saturated rings. The zero-order valence-electron chi connectivity index (χ0n) is 16.2. The van der Waals surface area contributed by atoms with Gasteiger partial charge in [0.2, 0.25) is 5.91 Å². The minimum atomic E-state index is -0.478. The average molecular weight is 400 g/mol. The van der Waals surface area contributed by atoms with Gasteiger partial charge >= 0.3 is 0 Å². The fourth-order valence-corrected chi connectivity index (χ4v) is 3.63. The molecular formula is C20H25FN6O2. The van der Waals surface area contributed by atoms with Gasteiger partial charge in [-0.05, 0) is 43.9 Å². The highest BCUT2D eigenvalue weighted by atomic mass is 19.1. The number of rotatable bonds is 6. The Kier molecular flexibility index (Phi) is 6.26. The molecule has 0 bridgehead atoms. The largest absolute Gasteiger partial charge is 0.381 e. The lowest BCUT2D eigenvalue weighted by molar-refractivity contribution is -0.119. The van der Waals surface area contributed by atoms with Gasteiger partial charge in [0, 0.05) is 37.4 Å². The van der Waals surface area contributed by atoms with Gasteiger partial charge in [-0.3, -0.25) is 4.79 Å². The summed E-state index contributed by atoms with van der Waals surface area (Å²) in [6, 6.07) is 3.30. The van der Waals surface area contributed by atoms with Crippen molar-refractivity contribution in [3.05, 3.63) is 30.3 Å². The summed E-state index contributed by atoms with van der Waals surface area (Å²) in [4.78, 5) is 16.3. The number of nitrogens with zero attached hydrogens (tertiary/aromatic N) is 3. The first-order chi connectivity index (χ1) is 14.2. The SMILES string of the molecule is O=C(Nc1cc(-c2cnnc(NCC3CCOCC3)c2)c(F)cn1)C1CCNC1. The van der Waals surface area contributed by atoms with Crippen molar-refractivity contribution in [2.24, 2.45) is 11.8 Å². The Morgan fingerprint density at radius 3 is 2.86 bits per heavy atom. The van der Waals surface area contributed by atoms with Gasteiger partial charge in [-0.2, -0.15) is 5.10 Å². The Morgan fingerprint density at radius 1 is 1.21 bits per heavy atom. The highest BCUT2D eigenvalue weighted by molar-refractivity contribution is 5.92. The average Bonchev–Trinajstić information content (AvgIpc) is 3.30. The van der Waals surface area contributed by atoms with E-state index in [-0.39, 0.29) is 11.8 Å². The highest BCUT2D eigenvalue weighted by Crippen LogP contribution is 2.26. The standard InChI is InChI=1S/C20H25FN6O2/c21-17-12-24-18(26-20(28)14-1-4-22-10-14)8-16(17)15-7-19(27-25-11-15)23-9-13-2-5-29-6-3-13/h7-8,11-14,22H,1-6,9-10H2,(H,23,27)(H,24,26,28). The maximum Gasteiger partial charge on any atom is 0.229 e. The molecular weight excluding hydrogens is 375 g/mol. The molecule has 3 N–H and O–H groups in total. The van der Waals surface area contributed by atoms with Crippen molar-refractivity contribution in [2.75, 3.05) is 43.5 Å². The van der Waals surface area contributed by atoms with Gasteiger partial charge in [0.05, 0.1) is 18.3 Å². The van der Waals surface area contributed by atoms with Crippen LogP contribution in [0.15, 0.2) is 24.5 Å². The molecule has 1 amide bonds. The van der Waals surface area contributed by atoms with E-state index in [0.29, 0.717) is 35.2 Å². The van der Waals surface area contributed by atoms with E-state index >= 15 is 0 Å². The van der Waals surface area contributed by atoms with Crippen LogP contribution in [0.1, 0.15) is 19.3 Å². The molecule has 0 aromatic carbocycles. The quantitative estimate of drug-likeness (QED) is 0.682. The monoisotopic (exact) mass is 400 g/mol. The summed E-state index contributed by atoms with van der Waals surface area (Å²) in [6.07, 6.45) is 5.44. The van der Waals surface area contributed by atoms with Crippen LogP contribution in [-0.2, 0) is 9.53 Å². The molecule has 2 saturated heterocycles. The molecule has 0 aliphatic carbocycles. The molecule has 2 aromatic heterocycles. The Labute approximate surface area is 168 Å². The number of amides is 1. The maximum atomic E-state index is 14.4. The molecule has 2 aliphatic heterocycles. The second-order valence-corrected chi connectivity index (χ2v) is 7.49. The molecule has 8 nitrogen and oxygen atoms in total. The van der Waals surface area contributed by atoms with Gasteiger partial charge in [0.25, 0.3) is 0 Å². The summed E-state index contributed by atoms with van der Waals surface area (Å²) < 4.78 is 19.8. The van der Waals surface area contributed by atoms with Gasteiger partial charge in [0.15, 0.2) is 0 Å². The van der Waals surface area contributed by atoms with E-state index in [1.807, 2.05) is 0 Å². The van der Waals surface area contributed by atoms with Crippen LogP contribution in [-0.4, -0.2) is 53.9 Å². The molecule has 2 aliphatic rings. The minimum absolute atomic E-state index is 0.0890. The van der Waals surface area contributed by atoms with Gasteiger partial charge in [0.1, 0.15) is 17.5 Å². The molecule has 1 unspecified atom stereocenters. The number of aromatic nitrogens is 3. The van der Waals surface area contributed by atoms with Crippen molar-refractivity contribution < 1.29 is 13.9 Å². The van der Waals surface area contributed by atoms with Crippen LogP contribution in [0.2, 0.25) is 0 Å². The van der Waals surface area contributed by atoms with Crippen LogP contribution in [0.4, 0.5) is 16.0 Å². The van der Waals surface area contributed by atoms with Crippen molar-refractivity contribution in [1.82, 2.24) is 20.5 Å². The van der Waals surface area contributed by atoms with Crippen LogP contribution in [0, 0.1) is 17.7 Å². The highest BCUT2D eigenvalue weighted by Gasteiger charge is 2.23. The molecule has 4 heterocycles. The van der Waals surface area contributed by atoms with E-state index in [2.05, 4.69) is 31.1 Å². The molecule has 2 aromatic rings. The molecule has 9 heteroatoms. The summed E-state index contributed by atoms with van der Waals surface area (Å²) >= 11 is 0. The number of carbonyl (C=O) groups is 1. The van der Waals surface area contributed by atoms with E-state index in [1.54, 1.807) is 6.07 Å². The lowest BCUT2D eigenvalue weighted by Gasteiger charge is -2.22. The Bertz CT molecular complexity index is 853. The van der Waals surface area contributed by atoms with Gasteiger partial charge in [-0.1, -0.05) is 0 Å². The second-order valence-electron chi connectivity index (χ2n) is 7.49.